The summed E-state index contributed by atoms with van der Waals surface area (Å²) in [4.78, 5) is 10.1. The molecule has 2 nitrogen and oxygen atoms in total. The Bertz CT molecular complexity index is 271. The minimum absolute atomic E-state index is 0.198. The van der Waals surface area contributed by atoms with Crippen molar-refractivity contribution < 1.29 is 9.90 Å². The minimum Gasteiger partial charge on any atom is -0.508 e. The molecule has 0 saturated carbocycles. The zero-order valence-electron chi connectivity index (χ0n) is 5.75. The summed E-state index contributed by atoms with van der Waals surface area (Å²) in [6.07, 6.45) is 1.06. The average Bonchev–Trinajstić information content (AvgIpc) is 1.95. The van der Waals surface area contributed by atoms with Crippen LogP contribution in [0.1, 0.15) is 5.56 Å². The van der Waals surface area contributed by atoms with Crippen LogP contribution in [0.2, 0.25) is 0 Å². The van der Waals surface area contributed by atoms with Crippen molar-refractivity contribution in [2.45, 2.75) is 6.42 Å². The van der Waals surface area contributed by atoms with Crippen LogP contribution in [-0.2, 0) is 11.2 Å². The molecule has 1 aromatic carbocycles. The van der Waals surface area contributed by atoms with Crippen LogP contribution < -0.4 is 0 Å². The number of phenolic OH excluding ortho intramolecular Hbond substituents is 1. The number of carbonyl (C=O) groups is 1. The molecule has 0 aliphatic heterocycles. The number of benzene rings is 1. The van der Waals surface area contributed by atoms with Crippen molar-refractivity contribution in [1.29, 1.82) is 0 Å². The Morgan fingerprint density at radius 2 is 2.27 bits per heavy atom. The first-order chi connectivity index (χ1) is 5.24. The van der Waals surface area contributed by atoms with Crippen molar-refractivity contribution >= 4 is 28.9 Å². The molecule has 0 bridgehead atoms. The molecule has 0 heterocycles. The number of halogens is 1. The lowest BCUT2D eigenvalue weighted by Gasteiger charge is -1.99. The fourth-order valence-electron chi connectivity index (χ4n) is 0.799. The van der Waals surface area contributed by atoms with E-state index >= 15 is 0 Å². The van der Waals surface area contributed by atoms with Crippen LogP contribution in [0.15, 0.2) is 18.2 Å². The first-order valence-electron chi connectivity index (χ1n) is 3.15. The highest BCUT2D eigenvalue weighted by Crippen LogP contribution is 2.19. The zero-order chi connectivity index (χ0) is 8.27. The average molecular weight is 262 g/mol. The van der Waals surface area contributed by atoms with Gasteiger partial charge in [0.05, 0.1) is 0 Å². The van der Waals surface area contributed by atoms with Crippen molar-refractivity contribution in [1.82, 2.24) is 0 Å². The monoisotopic (exact) mass is 262 g/mol. The fraction of sp³-hybridized carbons (Fsp3) is 0.125. The number of aldehydes is 1. The molecule has 0 atom stereocenters. The molecule has 1 N–H and O–H groups in total. The van der Waals surface area contributed by atoms with Gasteiger partial charge in [-0.3, -0.25) is 0 Å². The summed E-state index contributed by atoms with van der Waals surface area (Å²) < 4.78 is 0.967. The molecule has 0 saturated heterocycles. The van der Waals surface area contributed by atoms with E-state index in [1.165, 1.54) is 0 Å². The van der Waals surface area contributed by atoms with Crippen LogP contribution in [0, 0.1) is 3.57 Å². The Morgan fingerprint density at radius 3 is 2.82 bits per heavy atom. The Morgan fingerprint density at radius 1 is 1.55 bits per heavy atom. The van der Waals surface area contributed by atoms with Gasteiger partial charge in [0, 0.05) is 15.6 Å². The van der Waals surface area contributed by atoms with Crippen molar-refractivity contribution in [3.8, 4) is 5.75 Å². The first kappa shape index (κ1) is 8.52. The van der Waals surface area contributed by atoms with Crippen LogP contribution in [-0.4, -0.2) is 11.4 Å². The van der Waals surface area contributed by atoms with Gasteiger partial charge >= 0.3 is 0 Å². The number of aromatic hydroxyl groups is 1. The van der Waals surface area contributed by atoms with Gasteiger partial charge in [-0.2, -0.15) is 0 Å². The maximum Gasteiger partial charge on any atom is 0.124 e. The summed E-state index contributed by atoms with van der Waals surface area (Å²) in [6.45, 7) is 0. The van der Waals surface area contributed by atoms with E-state index in [0.29, 0.717) is 5.56 Å². The maximum absolute atomic E-state index is 10.1. The van der Waals surface area contributed by atoms with Gasteiger partial charge in [-0.15, -0.1) is 0 Å². The first-order valence-corrected chi connectivity index (χ1v) is 4.23. The predicted octanol–water partition coefficient (Wildman–Crippen LogP) is 1.74. The summed E-state index contributed by atoms with van der Waals surface area (Å²) in [5.74, 6) is 0.198. The standard InChI is InChI=1S/C8H7IO2/c9-7-2-1-6(3-4-10)8(11)5-7/h1-2,4-5,11H,3H2. The fourth-order valence-corrected chi connectivity index (χ4v) is 1.27. The third-order valence-electron chi connectivity index (χ3n) is 1.35. The summed E-state index contributed by atoms with van der Waals surface area (Å²) in [5.41, 5.74) is 0.681. The van der Waals surface area contributed by atoms with Crippen LogP contribution in [0.25, 0.3) is 0 Å². The van der Waals surface area contributed by atoms with Gasteiger partial charge in [0.25, 0.3) is 0 Å². The molecule has 0 aliphatic rings. The molecule has 3 heteroatoms. The Labute approximate surface area is 78.4 Å². The highest BCUT2D eigenvalue weighted by atomic mass is 127. The number of rotatable bonds is 2. The van der Waals surface area contributed by atoms with Gasteiger partial charge in [-0.25, -0.2) is 0 Å². The molecule has 0 spiro atoms. The second-order valence-corrected chi connectivity index (χ2v) is 3.39. The molecule has 0 radical (unpaired) electrons. The van der Waals surface area contributed by atoms with E-state index in [1.54, 1.807) is 12.1 Å². The van der Waals surface area contributed by atoms with Crippen LogP contribution in [0.4, 0.5) is 0 Å². The van der Waals surface area contributed by atoms with E-state index in [-0.39, 0.29) is 12.2 Å². The van der Waals surface area contributed by atoms with Crippen molar-refractivity contribution in [2.24, 2.45) is 0 Å². The normalized spacial score (nSPS) is 9.55. The molecule has 0 fully saturated rings. The summed E-state index contributed by atoms with van der Waals surface area (Å²) in [6, 6.07) is 5.25. The summed E-state index contributed by atoms with van der Waals surface area (Å²) >= 11 is 2.10. The largest absolute Gasteiger partial charge is 0.508 e. The highest BCUT2D eigenvalue weighted by Gasteiger charge is 1.99. The van der Waals surface area contributed by atoms with Crippen molar-refractivity contribution in [3.05, 3.63) is 27.3 Å². The SMILES string of the molecule is O=CCc1ccc(I)cc1O. The van der Waals surface area contributed by atoms with E-state index < -0.39 is 0 Å². The number of carbonyl (C=O) groups excluding carboxylic acids is 1. The smallest absolute Gasteiger partial charge is 0.124 e. The van der Waals surface area contributed by atoms with E-state index in [2.05, 4.69) is 22.6 Å². The molecule has 1 aromatic rings. The van der Waals surface area contributed by atoms with E-state index in [1.807, 2.05) is 6.07 Å². The lowest BCUT2D eigenvalue weighted by molar-refractivity contribution is -0.107. The van der Waals surface area contributed by atoms with E-state index in [9.17, 15) is 9.90 Å². The third kappa shape index (κ3) is 2.18. The molecular formula is C8H7IO2. The van der Waals surface area contributed by atoms with Crippen molar-refractivity contribution in [3.63, 3.8) is 0 Å². The zero-order valence-corrected chi connectivity index (χ0v) is 7.91. The molecule has 0 aromatic heterocycles. The van der Waals surface area contributed by atoms with Crippen LogP contribution >= 0.6 is 22.6 Å². The number of hydrogen-bond donors (Lipinski definition) is 1. The van der Waals surface area contributed by atoms with Gasteiger partial charge in [0.1, 0.15) is 12.0 Å². The molecule has 0 amide bonds. The van der Waals surface area contributed by atoms with Gasteiger partial charge in [-0.1, -0.05) is 6.07 Å². The molecule has 0 unspecified atom stereocenters. The topological polar surface area (TPSA) is 37.3 Å². The summed E-state index contributed by atoms with van der Waals surface area (Å²) in [5, 5.41) is 9.26. The molecule has 0 aliphatic carbocycles. The number of hydrogen-bond acceptors (Lipinski definition) is 2. The summed E-state index contributed by atoms with van der Waals surface area (Å²) in [7, 11) is 0. The lowest BCUT2D eigenvalue weighted by Crippen LogP contribution is -1.86. The third-order valence-corrected chi connectivity index (χ3v) is 2.02. The van der Waals surface area contributed by atoms with Gasteiger partial charge in [-0.05, 0) is 34.7 Å². The Hall–Kier alpha value is -0.580. The minimum atomic E-state index is 0.198. The second kappa shape index (κ2) is 3.71. The van der Waals surface area contributed by atoms with Gasteiger partial charge in [0.15, 0.2) is 0 Å². The maximum atomic E-state index is 10.1. The lowest BCUT2D eigenvalue weighted by atomic mass is 10.1. The van der Waals surface area contributed by atoms with Crippen LogP contribution in [0.3, 0.4) is 0 Å². The molecule has 1 rings (SSSR count). The molecule has 58 valence electrons. The number of phenols is 1. The highest BCUT2D eigenvalue weighted by molar-refractivity contribution is 14.1. The van der Waals surface area contributed by atoms with E-state index in [0.717, 1.165) is 9.86 Å². The van der Waals surface area contributed by atoms with Crippen LogP contribution in [0.5, 0.6) is 5.75 Å². The molecule has 11 heavy (non-hydrogen) atoms. The Balaban J connectivity index is 2.98. The second-order valence-electron chi connectivity index (χ2n) is 2.14. The molecular weight excluding hydrogens is 255 g/mol. The van der Waals surface area contributed by atoms with E-state index in [4.69, 9.17) is 0 Å². The van der Waals surface area contributed by atoms with Crippen molar-refractivity contribution in [2.75, 3.05) is 0 Å². The van der Waals surface area contributed by atoms with Gasteiger partial charge in [0.2, 0.25) is 0 Å². The van der Waals surface area contributed by atoms with Gasteiger partial charge < -0.3 is 9.90 Å². The quantitative estimate of drug-likeness (QED) is 0.651. The predicted molar refractivity (Wildman–Crippen MR) is 50.6 cm³/mol. The Kier molecular flexibility index (Phi) is 2.87.